The number of rotatable bonds is 8. The minimum absolute atomic E-state index is 0.00487. The molecule has 0 aliphatic heterocycles. The molecule has 2 heterocycles. The lowest BCUT2D eigenvalue weighted by atomic mass is 9.87. The van der Waals surface area contributed by atoms with Crippen molar-refractivity contribution in [3.05, 3.63) is 54.0 Å². The van der Waals surface area contributed by atoms with Crippen LogP contribution < -0.4 is 15.4 Å². The number of amides is 1. The van der Waals surface area contributed by atoms with Crippen LogP contribution in [-0.2, 0) is 9.53 Å². The van der Waals surface area contributed by atoms with Gasteiger partial charge >= 0.3 is 23.8 Å². The van der Waals surface area contributed by atoms with E-state index in [9.17, 15) is 9.59 Å². The lowest BCUT2D eigenvalue weighted by Crippen LogP contribution is -2.28. The third kappa shape index (κ3) is 6.34. The highest BCUT2D eigenvalue weighted by Crippen LogP contribution is 2.28. The number of esters is 1. The van der Waals surface area contributed by atoms with Gasteiger partial charge in [-0.05, 0) is 55.4 Å². The largest absolute Gasteiger partial charge is 0.474 e. The molecule has 0 saturated heterocycles. The van der Waals surface area contributed by atoms with Crippen molar-refractivity contribution in [2.24, 2.45) is 5.92 Å². The van der Waals surface area contributed by atoms with E-state index in [-0.39, 0.29) is 29.9 Å². The molecule has 0 bridgehead atoms. The number of hydrogen-bond donors (Lipinski definition) is 2. The molecule has 1 amide bonds. The van der Waals surface area contributed by atoms with Crippen LogP contribution in [0.2, 0.25) is 0 Å². The predicted molar refractivity (Wildman–Crippen MR) is 129 cm³/mol. The molecule has 35 heavy (non-hydrogen) atoms. The van der Waals surface area contributed by atoms with Gasteiger partial charge in [0.05, 0.1) is 24.9 Å². The first kappa shape index (κ1) is 24.2. The quantitative estimate of drug-likeness (QED) is 0.442. The van der Waals surface area contributed by atoms with Crippen molar-refractivity contribution in [1.29, 1.82) is 0 Å². The number of aromatic nitrogens is 3. The van der Waals surface area contributed by atoms with Gasteiger partial charge in [-0.25, -0.2) is 4.98 Å². The molecule has 10 nitrogen and oxygen atoms in total. The summed E-state index contributed by atoms with van der Waals surface area (Å²) in [5.74, 6) is -0.0446. The maximum atomic E-state index is 12.5. The third-order valence-electron chi connectivity index (χ3n) is 5.94. The van der Waals surface area contributed by atoms with Crippen molar-refractivity contribution in [3.63, 3.8) is 0 Å². The fraction of sp³-hybridized carbons (Fsp3) is 0.400. The minimum atomic E-state index is -0.544. The fourth-order valence-corrected chi connectivity index (χ4v) is 3.90. The first-order valence-corrected chi connectivity index (χ1v) is 11.6. The number of nitrogens with one attached hydrogen (secondary N) is 2. The van der Waals surface area contributed by atoms with Crippen molar-refractivity contribution in [1.82, 2.24) is 15.2 Å². The monoisotopic (exact) mass is 479 g/mol. The maximum Gasteiger partial charge on any atom is 0.320 e. The SMILES string of the molecule is COC(=O)[C@H]1CC[C@H](Oc2ccc(NC(=O)c3nnc(Nc4ccc(C(C)C)cc4)o3)cn2)CC1. The summed E-state index contributed by atoms with van der Waals surface area (Å²) in [6.45, 7) is 4.25. The Bertz CT molecular complexity index is 1140. The summed E-state index contributed by atoms with van der Waals surface area (Å²) in [6, 6.07) is 11.4. The Balaban J connectivity index is 1.27. The average molecular weight is 480 g/mol. The third-order valence-corrected chi connectivity index (χ3v) is 5.94. The van der Waals surface area contributed by atoms with Crippen LogP contribution in [0, 0.1) is 5.92 Å². The summed E-state index contributed by atoms with van der Waals surface area (Å²) in [7, 11) is 1.41. The molecule has 1 aliphatic rings. The van der Waals surface area contributed by atoms with Gasteiger partial charge in [0.2, 0.25) is 5.88 Å². The summed E-state index contributed by atoms with van der Waals surface area (Å²) < 4.78 is 16.2. The van der Waals surface area contributed by atoms with Gasteiger partial charge in [0.1, 0.15) is 6.10 Å². The number of hydrogen-bond acceptors (Lipinski definition) is 9. The van der Waals surface area contributed by atoms with E-state index >= 15 is 0 Å². The number of nitrogens with zero attached hydrogens (tertiary/aromatic N) is 3. The summed E-state index contributed by atoms with van der Waals surface area (Å²) in [5.41, 5.74) is 2.47. The van der Waals surface area contributed by atoms with Crippen LogP contribution in [-0.4, -0.2) is 40.3 Å². The number of benzene rings is 1. The predicted octanol–water partition coefficient (Wildman–Crippen LogP) is 4.69. The second-order valence-electron chi connectivity index (χ2n) is 8.77. The number of carbonyl (C=O) groups is 2. The van der Waals surface area contributed by atoms with Gasteiger partial charge < -0.3 is 24.5 Å². The van der Waals surface area contributed by atoms with Crippen LogP contribution in [0.5, 0.6) is 5.88 Å². The van der Waals surface area contributed by atoms with E-state index in [0.717, 1.165) is 31.4 Å². The van der Waals surface area contributed by atoms with Crippen LogP contribution in [0.15, 0.2) is 47.0 Å². The number of carbonyl (C=O) groups excluding carboxylic acids is 2. The Morgan fingerprint density at radius 3 is 2.34 bits per heavy atom. The van der Waals surface area contributed by atoms with Gasteiger partial charge in [0.15, 0.2) is 0 Å². The molecule has 0 spiro atoms. The van der Waals surface area contributed by atoms with Crippen molar-refractivity contribution < 1.29 is 23.5 Å². The molecule has 0 atom stereocenters. The van der Waals surface area contributed by atoms with Crippen LogP contribution in [0.25, 0.3) is 0 Å². The van der Waals surface area contributed by atoms with E-state index < -0.39 is 5.91 Å². The van der Waals surface area contributed by atoms with E-state index in [1.807, 2.05) is 24.3 Å². The molecule has 184 valence electrons. The van der Waals surface area contributed by atoms with Crippen molar-refractivity contribution in [2.75, 3.05) is 17.7 Å². The number of ether oxygens (including phenoxy) is 2. The molecule has 0 unspecified atom stereocenters. The lowest BCUT2D eigenvalue weighted by Gasteiger charge is -2.27. The van der Waals surface area contributed by atoms with Crippen LogP contribution in [0.3, 0.4) is 0 Å². The van der Waals surface area contributed by atoms with Gasteiger partial charge in [-0.2, -0.15) is 0 Å². The van der Waals surface area contributed by atoms with E-state index in [1.54, 1.807) is 12.1 Å². The highest BCUT2D eigenvalue weighted by atomic mass is 16.5. The maximum absolute atomic E-state index is 12.5. The minimum Gasteiger partial charge on any atom is -0.474 e. The topological polar surface area (TPSA) is 128 Å². The fourth-order valence-electron chi connectivity index (χ4n) is 3.90. The molecule has 1 saturated carbocycles. The van der Waals surface area contributed by atoms with Crippen LogP contribution >= 0.6 is 0 Å². The van der Waals surface area contributed by atoms with Gasteiger partial charge in [-0.15, -0.1) is 5.10 Å². The second kappa shape index (κ2) is 11.0. The van der Waals surface area contributed by atoms with E-state index in [0.29, 0.717) is 17.5 Å². The van der Waals surface area contributed by atoms with Gasteiger partial charge in [-0.1, -0.05) is 31.1 Å². The Kier molecular flexibility index (Phi) is 7.59. The summed E-state index contributed by atoms with van der Waals surface area (Å²) in [5, 5.41) is 13.4. The summed E-state index contributed by atoms with van der Waals surface area (Å²) in [4.78, 5) is 28.4. The Morgan fingerprint density at radius 1 is 1.00 bits per heavy atom. The molecule has 0 radical (unpaired) electrons. The Labute approximate surface area is 203 Å². The van der Waals surface area contributed by atoms with Crippen molar-refractivity contribution in [3.8, 4) is 5.88 Å². The summed E-state index contributed by atoms with van der Waals surface area (Å²) in [6.07, 6.45) is 4.48. The molecular weight excluding hydrogens is 450 g/mol. The smallest absolute Gasteiger partial charge is 0.320 e. The zero-order chi connectivity index (χ0) is 24.8. The number of pyridine rings is 1. The molecule has 10 heteroatoms. The summed E-state index contributed by atoms with van der Waals surface area (Å²) >= 11 is 0. The van der Waals surface area contributed by atoms with Crippen molar-refractivity contribution >= 4 is 29.3 Å². The second-order valence-corrected chi connectivity index (χ2v) is 8.77. The van der Waals surface area contributed by atoms with E-state index in [1.165, 1.54) is 18.9 Å². The Morgan fingerprint density at radius 2 is 1.71 bits per heavy atom. The van der Waals surface area contributed by atoms with Crippen LogP contribution in [0.4, 0.5) is 17.4 Å². The lowest BCUT2D eigenvalue weighted by molar-refractivity contribution is -0.147. The first-order valence-electron chi connectivity index (χ1n) is 11.6. The van der Waals surface area contributed by atoms with Crippen LogP contribution in [0.1, 0.15) is 61.7 Å². The Hall–Kier alpha value is -3.95. The first-order chi connectivity index (χ1) is 16.9. The molecule has 2 aromatic heterocycles. The highest BCUT2D eigenvalue weighted by molar-refractivity contribution is 6.00. The molecular formula is C25H29N5O5. The standard InChI is InChI=1S/C25H29N5O5/c1-15(2)16-4-8-18(9-5-16)28-25-30-29-23(35-25)22(31)27-19-10-13-21(26-14-19)34-20-11-6-17(7-12-20)24(32)33-3/h4-5,8-10,13-15,17,20H,6-7,11-12H2,1-3H3,(H,27,31)(H,28,30)/t17-,20-. The van der Waals surface area contributed by atoms with Gasteiger partial charge in [0.25, 0.3) is 0 Å². The molecule has 4 rings (SSSR count). The normalized spacial score (nSPS) is 17.6. The zero-order valence-corrected chi connectivity index (χ0v) is 20.0. The molecule has 1 fully saturated rings. The number of methoxy groups -OCH3 is 1. The molecule has 3 aromatic rings. The number of anilines is 3. The van der Waals surface area contributed by atoms with Gasteiger partial charge in [0, 0.05) is 11.8 Å². The van der Waals surface area contributed by atoms with Crippen molar-refractivity contribution in [2.45, 2.75) is 51.6 Å². The van der Waals surface area contributed by atoms with Gasteiger partial charge in [-0.3, -0.25) is 9.59 Å². The molecule has 1 aromatic carbocycles. The molecule has 1 aliphatic carbocycles. The molecule has 2 N–H and O–H groups in total. The highest BCUT2D eigenvalue weighted by Gasteiger charge is 2.28. The zero-order valence-electron chi connectivity index (χ0n) is 20.0. The van der Waals surface area contributed by atoms with E-state index in [4.69, 9.17) is 13.9 Å². The average Bonchev–Trinajstić information content (AvgIpc) is 3.34. The van der Waals surface area contributed by atoms with E-state index in [2.05, 4.69) is 39.7 Å².